The molecule has 19 heavy (non-hydrogen) atoms. The van der Waals surface area contributed by atoms with Gasteiger partial charge in [-0.15, -0.1) is 0 Å². The highest BCUT2D eigenvalue weighted by atomic mass is 16.5. The predicted octanol–water partition coefficient (Wildman–Crippen LogP) is 1.90. The van der Waals surface area contributed by atoms with E-state index in [0.717, 1.165) is 30.3 Å². The molecule has 0 bridgehead atoms. The van der Waals surface area contributed by atoms with E-state index in [4.69, 9.17) is 9.47 Å². The highest BCUT2D eigenvalue weighted by Crippen LogP contribution is 2.17. The molecule has 0 aromatic carbocycles. The quantitative estimate of drug-likeness (QED) is 0.538. The van der Waals surface area contributed by atoms with Gasteiger partial charge in [0.1, 0.15) is 5.65 Å². The maximum Gasteiger partial charge on any atom is 0.152 e. The van der Waals surface area contributed by atoms with E-state index in [-0.39, 0.29) is 0 Å². The maximum atomic E-state index is 11.0. The average Bonchev–Trinajstić information content (AvgIpc) is 2.81. The van der Waals surface area contributed by atoms with Gasteiger partial charge in [-0.25, -0.2) is 4.98 Å². The van der Waals surface area contributed by atoms with Crippen molar-refractivity contribution in [3.05, 3.63) is 30.1 Å². The van der Waals surface area contributed by atoms with E-state index in [1.165, 1.54) is 0 Å². The Hall–Kier alpha value is -1.72. The SMILES string of the molecule is COCCOCCCn1cc(C=O)c2cccnc21. The number of nitrogens with zero attached hydrogens (tertiary/aromatic N) is 2. The zero-order valence-electron chi connectivity index (χ0n) is 11.0. The Morgan fingerprint density at radius 1 is 1.37 bits per heavy atom. The third kappa shape index (κ3) is 3.39. The van der Waals surface area contributed by atoms with Crippen molar-refractivity contribution in [2.75, 3.05) is 26.9 Å². The number of pyridine rings is 1. The van der Waals surface area contributed by atoms with Crippen molar-refractivity contribution in [3.8, 4) is 0 Å². The molecule has 0 aliphatic carbocycles. The van der Waals surface area contributed by atoms with Crippen LogP contribution in [0, 0.1) is 0 Å². The summed E-state index contributed by atoms with van der Waals surface area (Å²) in [5.74, 6) is 0. The number of aromatic nitrogens is 2. The normalized spacial score (nSPS) is 11.0. The third-order valence-electron chi connectivity index (χ3n) is 2.91. The van der Waals surface area contributed by atoms with E-state index in [1.807, 2.05) is 22.9 Å². The van der Waals surface area contributed by atoms with E-state index in [0.29, 0.717) is 25.4 Å². The first-order valence-electron chi connectivity index (χ1n) is 6.32. The fourth-order valence-electron chi connectivity index (χ4n) is 2.00. The number of carbonyl (C=O) groups excluding carboxylic acids is 1. The lowest BCUT2D eigenvalue weighted by Crippen LogP contribution is -2.06. The number of aryl methyl sites for hydroxylation is 1. The lowest BCUT2D eigenvalue weighted by molar-refractivity contribution is 0.0681. The van der Waals surface area contributed by atoms with Crippen molar-refractivity contribution in [2.45, 2.75) is 13.0 Å². The van der Waals surface area contributed by atoms with Crippen LogP contribution < -0.4 is 0 Å². The summed E-state index contributed by atoms with van der Waals surface area (Å²) < 4.78 is 12.3. The number of rotatable bonds is 8. The number of ether oxygens (including phenoxy) is 2. The number of hydrogen-bond acceptors (Lipinski definition) is 4. The zero-order valence-corrected chi connectivity index (χ0v) is 11.0. The Balaban J connectivity index is 1.95. The van der Waals surface area contributed by atoms with Crippen LogP contribution in [0.15, 0.2) is 24.5 Å². The number of aldehydes is 1. The van der Waals surface area contributed by atoms with Crippen molar-refractivity contribution < 1.29 is 14.3 Å². The Morgan fingerprint density at radius 3 is 3.05 bits per heavy atom. The van der Waals surface area contributed by atoms with Gasteiger partial charge in [0.2, 0.25) is 0 Å². The van der Waals surface area contributed by atoms with Crippen LogP contribution in [0.25, 0.3) is 11.0 Å². The van der Waals surface area contributed by atoms with Gasteiger partial charge in [0, 0.05) is 43.6 Å². The highest BCUT2D eigenvalue weighted by Gasteiger charge is 2.07. The molecule has 0 aliphatic rings. The van der Waals surface area contributed by atoms with Gasteiger partial charge in [0.25, 0.3) is 0 Å². The zero-order chi connectivity index (χ0) is 13.5. The molecule has 0 atom stereocenters. The van der Waals surface area contributed by atoms with Crippen molar-refractivity contribution in [2.24, 2.45) is 0 Å². The van der Waals surface area contributed by atoms with Crippen LogP contribution in [0.1, 0.15) is 16.8 Å². The van der Waals surface area contributed by atoms with Crippen molar-refractivity contribution in [1.29, 1.82) is 0 Å². The molecule has 5 nitrogen and oxygen atoms in total. The van der Waals surface area contributed by atoms with E-state index in [9.17, 15) is 4.79 Å². The molecule has 2 heterocycles. The predicted molar refractivity (Wildman–Crippen MR) is 72.4 cm³/mol. The molecule has 0 radical (unpaired) electrons. The van der Waals surface area contributed by atoms with Crippen molar-refractivity contribution in [3.63, 3.8) is 0 Å². The molecule has 2 aromatic rings. The molecule has 0 spiro atoms. The number of hydrogen-bond donors (Lipinski definition) is 0. The Labute approximate surface area is 112 Å². The fraction of sp³-hybridized carbons (Fsp3) is 0.429. The minimum atomic E-state index is 0.612. The van der Waals surface area contributed by atoms with Crippen LogP contribution in [0.3, 0.4) is 0 Å². The van der Waals surface area contributed by atoms with Gasteiger partial charge in [-0.1, -0.05) is 0 Å². The first-order chi connectivity index (χ1) is 9.36. The van der Waals surface area contributed by atoms with Crippen molar-refractivity contribution in [1.82, 2.24) is 9.55 Å². The van der Waals surface area contributed by atoms with Gasteiger partial charge in [0.15, 0.2) is 6.29 Å². The summed E-state index contributed by atoms with van der Waals surface area (Å²) in [5.41, 5.74) is 1.53. The third-order valence-corrected chi connectivity index (χ3v) is 2.91. The second-order valence-corrected chi connectivity index (χ2v) is 4.23. The number of methoxy groups -OCH3 is 1. The summed E-state index contributed by atoms with van der Waals surface area (Å²) in [6.07, 6.45) is 5.33. The fourth-order valence-corrected chi connectivity index (χ4v) is 2.00. The van der Waals surface area contributed by atoms with E-state index in [2.05, 4.69) is 4.98 Å². The lowest BCUT2D eigenvalue weighted by atomic mass is 10.2. The van der Waals surface area contributed by atoms with Crippen LogP contribution in [0.2, 0.25) is 0 Å². The summed E-state index contributed by atoms with van der Waals surface area (Å²) in [7, 11) is 1.65. The minimum absolute atomic E-state index is 0.612. The summed E-state index contributed by atoms with van der Waals surface area (Å²) in [5, 5.41) is 0.901. The highest BCUT2D eigenvalue weighted by molar-refractivity contribution is 5.95. The van der Waals surface area contributed by atoms with Gasteiger partial charge in [-0.3, -0.25) is 4.79 Å². The lowest BCUT2D eigenvalue weighted by Gasteiger charge is -2.05. The Bertz CT molecular complexity index is 536. The van der Waals surface area contributed by atoms with E-state index in [1.54, 1.807) is 13.3 Å². The molecule has 0 aliphatic heterocycles. The van der Waals surface area contributed by atoms with Gasteiger partial charge < -0.3 is 14.0 Å². The number of fused-ring (bicyclic) bond motifs is 1. The average molecular weight is 262 g/mol. The van der Waals surface area contributed by atoms with Crippen LogP contribution in [-0.2, 0) is 16.0 Å². The molecule has 5 heteroatoms. The molecule has 2 rings (SSSR count). The first kappa shape index (κ1) is 13.7. The van der Waals surface area contributed by atoms with Gasteiger partial charge in [-0.2, -0.15) is 0 Å². The Morgan fingerprint density at radius 2 is 2.26 bits per heavy atom. The minimum Gasteiger partial charge on any atom is -0.382 e. The molecular formula is C14H18N2O3. The molecule has 0 fully saturated rings. The molecule has 0 unspecified atom stereocenters. The van der Waals surface area contributed by atoms with Crippen molar-refractivity contribution >= 4 is 17.3 Å². The molecule has 0 saturated carbocycles. The summed E-state index contributed by atoms with van der Waals surface area (Å²) in [4.78, 5) is 15.3. The topological polar surface area (TPSA) is 53.4 Å². The molecule has 2 aromatic heterocycles. The van der Waals surface area contributed by atoms with Crippen LogP contribution in [-0.4, -0.2) is 42.8 Å². The summed E-state index contributed by atoms with van der Waals surface area (Å²) in [6, 6.07) is 3.76. The summed E-state index contributed by atoms with van der Waals surface area (Å²) >= 11 is 0. The number of carbonyl (C=O) groups is 1. The second kappa shape index (κ2) is 7.01. The van der Waals surface area contributed by atoms with Gasteiger partial charge in [-0.05, 0) is 18.6 Å². The van der Waals surface area contributed by atoms with E-state index < -0.39 is 0 Å². The molecule has 0 N–H and O–H groups in total. The molecular weight excluding hydrogens is 244 g/mol. The standard InChI is InChI=1S/C14H18N2O3/c1-18-8-9-19-7-3-6-16-10-12(11-17)13-4-2-5-15-14(13)16/h2,4-5,10-11H,3,6-9H2,1H3. The largest absolute Gasteiger partial charge is 0.382 e. The molecule has 0 amide bonds. The van der Waals surface area contributed by atoms with Crippen LogP contribution >= 0.6 is 0 Å². The smallest absolute Gasteiger partial charge is 0.152 e. The second-order valence-electron chi connectivity index (χ2n) is 4.23. The van der Waals surface area contributed by atoms with Gasteiger partial charge in [0.05, 0.1) is 13.2 Å². The summed E-state index contributed by atoms with van der Waals surface area (Å²) in [6.45, 7) is 2.69. The maximum absolute atomic E-state index is 11.0. The van der Waals surface area contributed by atoms with E-state index >= 15 is 0 Å². The van der Waals surface area contributed by atoms with Crippen LogP contribution in [0.5, 0.6) is 0 Å². The Kier molecular flexibility index (Phi) is 5.06. The monoisotopic (exact) mass is 262 g/mol. The molecule has 102 valence electrons. The van der Waals surface area contributed by atoms with Gasteiger partial charge >= 0.3 is 0 Å². The first-order valence-corrected chi connectivity index (χ1v) is 6.32. The molecule has 0 saturated heterocycles. The van der Waals surface area contributed by atoms with Crippen LogP contribution in [0.4, 0.5) is 0 Å².